The molecule has 0 saturated heterocycles. The molecule has 2 unspecified atom stereocenters. The van der Waals surface area contributed by atoms with Crippen LogP contribution in [0.2, 0.25) is 0 Å². The molecule has 0 amide bonds. The molecule has 0 bridgehead atoms. The summed E-state index contributed by atoms with van der Waals surface area (Å²) < 4.78 is 3.76. The predicted molar refractivity (Wildman–Crippen MR) is 129 cm³/mol. The van der Waals surface area contributed by atoms with Gasteiger partial charge in [0, 0.05) is 24.7 Å². The topological polar surface area (TPSA) is 127 Å². The average Bonchev–Trinajstić information content (AvgIpc) is 3.37. The third-order valence-corrected chi connectivity index (χ3v) is 6.45. The molecule has 1 aliphatic rings. The number of imidazole rings is 1. The number of aromatic nitrogens is 2. The number of carboxylic acids is 2. The zero-order valence-electron chi connectivity index (χ0n) is 20.2. The molecule has 1 aliphatic carbocycles. The van der Waals surface area contributed by atoms with E-state index in [4.69, 9.17) is 15.9 Å². The Balaban J connectivity index is 2.09. The van der Waals surface area contributed by atoms with E-state index >= 15 is 0 Å². The molecule has 1 aromatic heterocycles. The van der Waals surface area contributed by atoms with Crippen LogP contribution in [0.25, 0.3) is 0 Å². The highest BCUT2D eigenvalue weighted by Gasteiger charge is 2.43. The molecule has 4 atom stereocenters. The Hall–Kier alpha value is -2.74. The average molecular weight is 475 g/mol. The number of rotatable bonds is 16. The molecule has 188 valence electrons. The summed E-state index contributed by atoms with van der Waals surface area (Å²) in [6.07, 6.45) is 22.2. The molecule has 1 heterocycles. The van der Waals surface area contributed by atoms with Crippen molar-refractivity contribution in [2.75, 3.05) is 0 Å². The van der Waals surface area contributed by atoms with Crippen molar-refractivity contribution in [3.05, 3.63) is 43.0 Å². The molecular formula is C26H40N3O5+. The number of allylic oxidation sites excluding steroid dienone is 4. The van der Waals surface area contributed by atoms with Gasteiger partial charge in [0.15, 0.2) is 0 Å². The zero-order chi connectivity index (χ0) is 24.9. The Morgan fingerprint density at radius 3 is 2.65 bits per heavy atom. The Labute approximate surface area is 202 Å². The Morgan fingerprint density at radius 1 is 1.18 bits per heavy atom. The largest absolute Gasteiger partial charge is 0.481 e. The molecule has 8 nitrogen and oxygen atoms in total. The number of unbranched alkanes of at least 4 members (excludes halogenated alkanes) is 5. The highest BCUT2D eigenvalue weighted by atomic mass is 16.4. The molecule has 2 rings (SSSR count). The first-order valence-corrected chi connectivity index (χ1v) is 12.4. The standard InChI is InChI=1S/C26H39N3O5/c1-2-3-4-5-6-9-12-20-21(13-10-7-8-11-14-25(31)32)24(30)17-23(20)29-16-15-28(19-29)18-22(27)26(33)34/h7,9-10,12,15-16,19-23H,2-6,8,11,13-14,17-18,27H2,1H3,(H-,31,32,33,34)/p+1/t20-,21?,22+,23?/m1/s1. The number of Topliss-reactive ketones (excluding diaryl/α,β-unsaturated/α-hetero) is 1. The lowest BCUT2D eigenvalue weighted by Crippen LogP contribution is -2.46. The minimum atomic E-state index is -1.05. The lowest BCUT2D eigenvalue weighted by atomic mass is 9.89. The number of hydrogen-bond donors (Lipinski definition) is 3. The SMILES string of the molecule is CCCCCCC=C[C@@H]1C(CC=CCCCC(=O)O)C(=O)CC1n1cc[n+](C[C@H](N)C(=O)O)c1. The van der Waals surface area contributed by atoms with Crippen molar-refractivity contribution in [1.29, 1.82) is 0 Å². The second-order valence-corrected chi connectivity index (χ2v) is 9.19. The summed E-state index contributed by atoms with van der Waals surface area (Å²) in [5.74, 6) is -1.68. The van der Waals surface area contributed by atoms with E-state index in [0.29, 0.717) is 25.7 Å². The summed E-state index contributed by atoms with van der Waals surface area (Å²) in [7, 11) is 0. The van der Waals surface area contributed by atoms with Crippen LogP contribution in [0.4, 0.5) is 0 Å². The highest BCUT2D eigenvalue weighted by Crippen LogP contribution is 2.41. The summed E-state index contributed by atoms with van der Waals surface area (Å²) in [4.78, 5) is 34.7. The Kier molecular flexibility index (Phi) is 11.7. The van der Waals surface area contributed by atoms with Gasteiger partial charge in [-0.1, -0.05) is 50.5 Å². The van der Waals surface area contributed by atoms with Crippen molar-refractivity contribution in [3.63, 3.8) is 0 Å². The van der Waals surface area contributed by atoms with Gasteiger partial charge in [0.2, 0.25) is 6.33 Å². The first-order valence-electron chi connectivity index (χ1n) is 12.4. The number of carboxylic acid groups (broad SMARTS) is 2. The molecular weight excluding hydrogens is 434 g/mol. The Morgan fingerprint density at radius 2 is 1.94 bits per heavy atom. The second-order valence-electron chi connectivity index (χ2n) is 9.19. The minimum Gasteiger partial charge on any atom is -0.481 e. The van der Waals surface area contributed by atoms with Crippen LogP contribution in [0.3, 0.4) is 0 Å². The molecule has 34 heavy (non-hydrogen) atoms. The van der Waals surface area contributed by atoms with E-state index in [1.165, 1.54) is 19.3 Å². The number of ketones is 1. The van der Waals surface area contributed by atoms with Gasteiger partial charge in [0.25, 0.3) is 0 Å². The number of nitrogens with two attached hydrogens (primary N) is 1. The smallest absolute Gasteiger partial charge is 0.324 e. The summed E-state index contributed by atoms with van der Waals surface area (Å²) in [5.41, 5.74) is 5.67. The van der Waals surface area contributed by atoms with Crippen molar-refractivity contribution in [1.82, 2.24) is 4.57 Å². The summed E-state index contributed by atoms with van der Waals surface area (Å²) in [6.45, 7) is 2.36. The fourth-order valence-electron chi connectivity index (χ4n) is 4.53. The zero-order valence-corrected chi connectivity index (χ0v) is 20.2. The quantitative estimate of drug-likeness (QED) is 0.191. The van der Waals surface area contributed by atoms with E-state index in [1.54, 1.807) is 10.8 Å². The number of carbonyl (C=O) groups excluding carboxylic acids is 1. The maximum Gasteiger partial charge on any atom is 0.324 e. The van der Waals surface area contributed by atoms with E-state index in [0.717, 1.165) is 12.8 Å². The predicted octanol–water partition coefficient (Wildman–Crippen LogP) is 3.66. The molecule has 0 aromatic carbocycles. The van der Waals surface area contributed by atoms with E-state index in [9.17, 15) is 14.4 Å². The van der Waals surface area contributed by atoms with Gasteiger partial charge >= 0.3 is 11.9 Å². The van der Waals surface area contributed by atoms with Crippen LogP contribution in [0.15, 0.2) is 43.0 Å². The molecule has 1 fully saturated rings. The fourth-order valence-corrected chi connectivity index (χ4v) is 4.53. The van der Waals surface area contributed by atoms with E-state index in [2.05, 4.69) is 19.1 Å². The summed E-state index contributed by atoms with van der Waals surface area (Å²) in [5, 5.41) is 17.8. The maximum absolute atomic E-state index is 13.0. The highest BCUT2D eigenvalue weighted by molar-refractivity contribution is 5.84. The van der Waals surface area contributed by atoms with Gasteiger partial charge in [-0.25, -0.2) is 9.13 Å². The third kappa shape index (κ3) is 8.89. The van der Waals surface area contributed by atoms with Crippen LogP contribution in [-0.4, -0.2) is 38.5 Å². The number of aliphatic carboxylic acids is 2. The molecule has 8 heteroatoms. The number of nitrogens with zero attached hydrogens (tertiary/aromatic N) is 2. The lowest BCUT2D eigenvalue weighted by molar-refractivity contribution is -0.696. The first-order chi connectivity index (χ1) is 16.3. The van der Waals surface area contributed by atoms with Crippen molar-refractivity contribution in [3.8, 4) is 0 Å². The van der Waals surface area contributed by atoms with Gasteiger partial charge < -0.3 is 15.9 Å². The molecule has 0 spiro atoms. The number of hydrogen-bond acceptors (Lipinski definition) is 4. The lowest BCUT2D eigenvalue weighted by Gasteiger charge is -2.18. The molecule has 1 aromatic rings. The molecule has 4 N–H and O–H groups in total. The van der Waals surface area contributed by atoms with Crippen LogP contribution in [0, 0.1) is 11.8 Å². The minimum absolute atomic E-state index is 0.0212. The third-order valence-electron chi connectivity index (χ3n) is 6.45. The monoisotopic (exact) mass is 474 g/mol. The van der Waals surface area contributed by atoms with Crippen LogP contribution < -0.4 is 10.3 Å². The van der Waals surface area contributed by atoms with Crippen molar-refractivity contribution < 1.29 is 29.2 Å². The van der Waals surface area contributed by atoms with Crippen LogP contribution >= 0.6 is 0 Å². The van der Waals surface area contributed by atoms with Gasteiger partial charge in [-0.3, -0.25) is 14.4 Å². The van der Waals surface area contributed by atoms with Crippen LogP contribution in [0.5, 0.6) is 0 Å². The van der Waals surface area contributed by atoms with E-state index in [-0.39, 0.29) is 36.6 Å². The normalized spacial score (nSPS) is 21.6. The van der Waals surface area contributed by atoms with Crippen LogP contribution in [0.1, 0.15) is 77.2 Å². The Bertz CT molecular complexity index is 860. The second kappa shape index (κ2) is 14.5. The van der Waals surface area contributed by atoms with Crippen molar-refractivity contribution in [2.45, 2.75) is 89.8 Å². The molecule has 0 aliphatic heterocycles. The first kappa shape index (κ1) is 27.5. The van der Waals surface area contributed by atoms with Gasteiger partial charge in [0.1, 0.15) is 36.8 Å². The van der Waals surface area contributed by atoms with Crippen molar-refractivity contribution in [2.24, 2.45) is 17.6 Å². The van der Waals surface area contributed by atoms with E-state index in [1.807, 2.05) is 29.2 Å². The summed E-state index contributed by atoms with van der Waals surface area (Å²) >= 11 is 0. The van der Waals surface area contributed by atoms with Gasteiger partial charge in [-0.05, 0) is 32.1 Å². The van der Waals surface area contributed by atoms with Crippen molar-refractivity contribution >= 4 is 17.7 Å². The number of carbonyl (C=O) groups is 3. The molecule has 1 saturated carbocycles. The van der Waals surface area contributed by atoms with Gasteiger partial charge in [0.05, 0.1) is 0 Å². The maximum atomic E-state index is 13.0. The summed E-state index contributed by atoms with van der Waals surface area (Å²) in [6, 6.07) is -1.00. The van der Waals surface area contributed by atoms with Crippen LogP contribution in [-0.2, 0) is 20.9 Å². The van der Waals surface area contributed by atoms with Gasteiger partial charge in [-0.2, -0.15) is 0 Å². The fraction of sp³-hybridized carbons (Fsp3) is 0.615. The molecule has 0 radical (unpaired) electrons. The van der Waals surface area contributed by atoms with Gasteiger partial charge in [-0.15, -0.1) is 0 Å². The van der Waals surface area contributed by atoms with E-state index < -0.39 is 18.0 Å².